The monoisotopic (exact) mass is 396 g/mol. The van der Waals surface area contributed by atoms with Crippen LogP contribution in [0.5, 0.6) is 11.5 Å². The lowest BCUT2D eigenvalue weighted by Crippen LogP contribution is -2.22. The van der Waals surface area contributed by atoms with Gasteiger partial charge in [0.2, 0.25) is 11.8 Å². The van der Waals surface area contributed by atoms with Crippen LogP contribution in [0.1, 0.15) is 12.0 Å². The summed E-state index contributed by atoms with van der Waals surface area (Å²) in [6.45, 7) is 1.83. The first-order valence-electron chi connectivity index (χ1n) is 7.61. The Bertz CT molecular complexity index is 840. The minimum Gasteiger partial charge on any atom is -0.495 e. The second kappa shape index (κ2) is 8.78. The third kappa shape index (κ3) is 5.03. The van der Waals surface area contributed by atoms with Crippen LogP contribution in [-0.4, -0.2) is 26.0 Å². The van der Waals surface area contributed by atoms with Crippen molar-refractivity contribution in [2.75, 3.05) is 24.9 Å². The average Bonchev–Trinajstić information content (AvgIpc) is 2.59. The number of hydrogen-bond donors (Lipinski definition) is 2. The Morgan fingerprint density at radius 2 is 1.54 bits per heavy atom. The van der Waals surface area contributed by atoms with E-state index in [9.17, 15) is 9.59 Å². The maximum atomic E-state index is 12.2. The fourth-order valence-corrected chi connectivity index (χ4v) is 2.62. The van der Waals surface area contributed by atoms with Gasteiger partial charge in [-0.25, -0.2) is 0 Å². The lowest BCUT2D eigenvalue weighted by Gasteiger charge is -2.13. The van der Waals surface area contributed by atoms with Crippen LogP contribution in [-0.2, 0) is 9.59 Å². The van der Waals surface area contributed by atoms with Crippen LogP contribution in [0.2, 0.25) is 10.0 Å². The molecule has 0 aliphatic rings. The molecule has 0 bridgehead atoms. The molecule has 0 aliphatic heterocycles. The Balaban J connectivity index is 2.06. The number of carbonyl (C=O) groups excluding carboxylic acids is 2. The van der Waals surface area contributed by atoms with Crippen LogP contribution in [0.15, 0.2) is 30.3 Å². The third-order valence-electron chi connectivity index (χ3n) is 3.54. The van der Waals surface area contributed by atoms with Gasteiger partial charge in [0.1, 0.15) is 17.9 Å². The molecule has 2 aromatic rings. The molecule has 2 N–H and O–H groups in total. The molecule has 26 heavy (non-hydrogen) atoms. The average molecular weight is 397 g/mol. The largest absolute Gasteiger partial charge is 0.495 e. The quantitative estimate of drug-likeness (QED) is 0.714. The third-order valence-corrected chi connectivity index (χ3v) is 4.07. The molecule has 2 aromatic carbocycles. The summed E-state index contributed by atoms with van der Waals surface area (Å²) in [4.78, 5) is 24.3. The second-order valence-corrected chi connectivity index (χ2v) is 6.26. The van der Waals surface area contributed by atoms with Crippen molar-refractivity contribution in [3.05, 3.63) is 45.9 Å². The number of aryl methyl sites for hydroxylation is 1. The zero-order valence-corrected chi connectivity index (χ0v) is 16.0. The van der Waals surface area contributed by atoms with E-state index in [0.29, 0.717) is 32.9 Å². The standard InChI is InChI=1S/C18H18Cl2N2O4/c1-10-4-5-11(19)6-13(10)21-17(23)9-18(24)22-14-8-15(25-2)12(20)7-16(14)26-3/h4-8H,9H2,1-3H3,(H,21,23)(H,22,24). The number of ether oxygens (including phenoxy) is 2. The number of benzene rings is 2. The number of rotatable bonds is 6. The molecule has 0 fully saturated rings. The Morgan fingerprint density at radius 1 is 0.923 bits per heavy atom. The van der Waals surface area contributed by atoms with Gasteiger partial charge in [0.05, 0.1) is 24.9 Å². The van der Waals surface area contributed by atoms with E-state index >= 15 is 0 Å². The molecule has 0 atom stereocenters. The van der Waals surface area contributed by atoms with Crippen molar-refractivity contribution in [2.45, 2.75) is 13.3 Å². The molecule has 2 amide bonds. The van der Waals surface area contributed by atoms with Crippen LogP contribution in [0.4, 0.5) is 11.4 Å². The summed E-state index contributed by atoms with van der Waals surface area (Å²) < 4.78 is 10.3. The fourth-order valence-electron chi connectivity index (χ4n) is 2.22. The summed E-state index contributed by atoms with van der Waals surface area (Å²) in [5.74, 6) is -0.241. The Kier molecular flexibility index (Phi) is 6.71. The lowest BCUT2D eigenvalue weighted by molar-refractivity contribution is -0.123. The van der Waals surface area contributed by atoms with Gasteiger partial charge in [-0.3, -0.25) is 9.59 Å². The molecule has 8 heteroatoms. The van der Waals surface area contributed by atoms with Gasteiger partial charge in [-0.2, -0.15) is 0 Å². The van der Waals surface area contributed by atoms with Crippen molar-refractivity contribution in [2.24, 2.45) is 0 Å². The highest BCUT2D eigenvalue weighted by molar-refractivity contribution is 6.32. The number of halogens is 2. The van der Waals surface area contributed by atoms with Crippen molar-refractivity contribution in [1.82, 2.24) is 0 Å². The van der Waals surface area contributed by atoms with Gasteiger partial charge >= 0.3 is 0 Å². The molecule has 0 heterocycles. The van der Waals surface area contributed by atoms with Gasteiger partial charge in [0.25, 0.3) is 0 Å². The predicted octanol–water partition coefficient (Wildman–Crippen LogP) is 4.29. The number of methoxy groups -OCH3 is 2. The Labute approximate surface area is 161 Å². The van der Waals surface area contributed by atoms with Gasteiger partial charge in [-0.05, 0) is 24.6 Å². The fraction of sp³-hybridized carbons (Fsp3) is 0.222. The Hall–Kier alpha value is -2.44. The summed E-state index contributed by atoms with van der Waals surface area (Å²) in [5.41, 5.74) is 1.75. The van der Waals surface area contributed by atoms with Crippen molar-refractivity contribution in [3.8, 4) is 11.5 Å². The summed E-state index contributed by atoms with van der Waals surface area (Å²) in [5, 5.41) is 6.12. The van der Waals surface area contributed by atoms with Gasteiger partial charge < -0.3 is 20.1 Å². The van der Waals surface area contributed by atoms with Gasteiger partial charge in [-0.1, -0.05) is 29.3 Å². The smallest absolute Gasteiger partial charge is 0.233 e. The molecule has 0 aliphatic carbocycles. The molecule has 2 rings (SSSR count). The molecule has 138 valence electrons. The van der Waals surface area contributed by atoms with Gasteiger partial charge in [0.15, 0.2) is 0 Å². The number of carbonyl (C=O) groups is 2. The highest BCUT2D eigenvalue weighted by atomic mass is 35.5. The van der Waals surface area contributed by atoms with E-state index in [1.54, 1.807) is 18.2 Å². The molecular formula is C18H18Cl2N2O4. The molecule has 0 unspecified atom stereocenters. The number of hydrogen-bond acceptors (Lipinski definition) is 4. The molecule has 0 saturated carbocycles. The molecule has 6 nitrogen and oxygen atoms in total. The van der Waals surface area contributed by atoms with Crippen LogP contribution in [0.25, 0.3) is 0 Å². The van der Waals surface area contributed by atoms with E-state index in [1.165, 1.54) is 26.4 Å². The minimum atomic E-state index is -0.509. The maximum absolute atomic E-state index is 12.2. The van der Waals surface area contributed by atoms with Crippen molar-refractivity contribution < 1.29 is 19.1 Å². The summed E-state index contributed by atoms with van der Waals surface area (Å²) in [6.07, 6.45) is -0.375. The number of nitrogens with one attached hydrogen (secondary N) is 2. The van der Waals surface area contributed by atoms with Crippen LogP contribution >= 0.6 is 23.2 Å². The van der Waals surface area contributed by atoms with Crippen LogP contribution < -0.4 is 20.1 Å². The van der Waals surface area contributed by atoms with E-state index < -0.39 is 11.8 Å². The molecule has 0 aromatic heterocycles. The first-order chi connectivity index (χ1) is 12.3. The summed E-state index contributed by atoms with van der Waals surface area (Å²) in [6, 6.07) is 8.17. The van der Waals surface area contributed by atoms with E-state index in [1.807, 2.05) is 6.92 Å². The zero-order chi connectivity index (χ0) is 19.3. The van der Waals surface area contributed by atoms with E-state index in [2.05, 4.69) is 10.6 Å². The van der Waals surface area contributed by atoms with E-state index in [-0.39, 0.29) is 6.42 Å². The maximum Gasteiger partial charge on any atom is 0.233 e. The first-order valence-corrected chi connectivity index (χ1v) is 8.37. The molecule has 0 saturated heterocycles. The number of anilines is 2. The van der Waals surface area contributed by atoms with Crippen LogP contribution in [0.3, 0.4) is 0 Å². The summed E-state index contributed by atoms with van der Waals surface area (Å²) >= 11 is 11.9. The lowest BCUT2D eigenvalue weighted by atomic mass is 10.2. The molecule has 0 spiro atoms. The van der Waals surface area contributed by atoms with Crippen molar-refractivity contribution >= 4 is 46.4 Å². The predicted molar refractivity (Wildman–Crippen MR) is 103 cm³/mol. The van der Waals surface area contributed by atoms with Crippen LogP contribution in [0, 0.1) is 6.92 Å². The van der Waals surface area contributed by atoms with E-state index in [4.69, 9.17) is 32.7 Å². The summed E-state index contributed by atoms with van der Waals surface area (Å²) in [7, 11) is 2.91. The minimum absolute atomic E-state index is 0.344. The Morgan fingerprint density at radius 3 is 2.15 bits per heavy atom. The highest BCUT2D eigenvalue weighted by Crippen LogP contribution is 2.35. The number of amides is 2. The van der Waals surface area contributed by atoms with Gasteiger partial charge in [0, 0.05) is 22.8 Å². The normalized spacial score (nSPS) is 10.2. The zero-order valence-electron chi connectivity index (χ0n) is 14.5. The first kappa shape index (κ1) is 19.9. The SMILES string of the molecule is COc1cc(NC(=O)CC(=O)Nc2cc(Cl)ccc2C)c(OC)cc1Cl. The van der Waals surface area contributed by atoms with Crippen molar-refractivity contribution in [3.63, 3.8) is 0 Å². The van der Waals surface area contributed by atoms with Crippen molar-refractivity contribution in [1.29, 1.82) is 0 Å². The highest BCUT2D eigenvalue weighted by Gasteiger charge is 2.15. The molecule has 0 radical (unpaired) electrons. The second-order valence-electron chi connectivity index (χ2n) is 5.42. The topological polar surface area (TPSA) is 76.7 Å². The van der Waals surface area contributed by atoms with E-state index in [0.717, 1.165) is 5.56 Å². The van der Waals surface area contributed by atoms with Gasteiger partial charge in [-0.15, -0.1) is 0 Å². The molecular weight excluding hydrogens is 379 g/mol.